The van der Waals surface area contributed by atoms with E-state index in [4.69, 9.17) is 11.6 Å². The molecule has 0 atom stereocenters. The molecule has 0 fully saturated rings. The highest BCUT2D eigenvalue weighted by molar-refractivity contribution is 9.10. The predicted octanol–water partition coefficient (Wildman–Crippen LogP) is 3.49. The van der Waals surface area contributed by atoms with Crippen molar-refractivity contribution in [1.82, 2.24) is 0 Å². The monoisotopic (exact) mass is 314 g/mol. The largest absolute Gasteiger partial charge is 0.465 e. The van der Waals surface area contributed by atoms with Crippen LogP contribution in [0.25, 0.3) is 0 Å². The maximum absolute atomic E-state index is 12.0. The number of hydrogen-bond donors (Lipinski definition) is 0. The molecule has 0 amide bonds. The molecule has 1 rings (SSSR count). The Labute approximate surface area is 103 Å². The molecule has 88 valence electrons. The lowest BCUT2D eigenvalue weighted by Crippen LogP contribution is -2.06. The zero-order valence-electron chi connectivity index (χ0n) is 7.97. The Hall–Kier alpha value is -0.880. The summed E-state index contributed by atoms with van der Waals surface area (Å²) in [5.74, 6) is -0.906. The van der Waals surface area contributed by atoms with E-state index in [-0.39, 0.29) is 20.8 Å². The summed E-state index contributed by atoms with van der Waals surface area (Å²) in [6.45, 7) is -3.00. The molecular weight excluding hydrogens is 309 g/mol. The molecule has 16 heavy (non-hydrogen) atoms. The van der Waals surface area contributed by atoms with Crippen molar-refractivity contribution in [2.24, 2.45) is 0 Å². The van der Waals surface area contributed by atoms with E-state index in [1.165, 1.54) is 13.2 Å². The normalized spacial score (nSPS) is 10.4. The number of rotatable bonds is 3. The minimum Gasteiger partial charge on any atom is -0.465 e. The Kier molecular flexibility index (Phi) is 4.49. The molecule has 0 heterocycles. The van der Waals surface area contributed by atoms with Crippen LogP contribution in [0.5, 0.6) is 5.75 Å². The van der Waals surface area contributed by atoms with E-state index < -0.39 is 12.6 Å². The fraction of sp³-hybridized carbons (Fsp3) is 0.222. The molecule has 1 aromatic rings. The average Bonchev–Trinajstić information content (AvgIpc) is 2.22. The molecule has 0 radical (unpaired) electrons. The lowest BCUT2D eigenvalue weighted by Gasteiger charge is -2.09. The SMILES string of the molecule is COC(=O)c1cc(Cl)c(Br)c(OC(F)F)c1. The number of carbonyl (C=O) groups excluding carboxylic acids is 1. The quantitative estimate of drug-likeness (QED) is 0.801. The maximum atomic E-state index is 12.0. The first kappa shape index (κ1) is 13.2. The number of benzene rings is 1. The van der Waals surface area contributed by atoms with Crippen LogP contribution < -0.4 is 4.74 Å². The molecule has 0 aliphatic carbocycles. The molecular formula is C9H6BrClF2O3. The predicted molar refractivity (Wildman–Crippen MR) is 57.1 cm³/mol. The fourth-order valence-corrected chi connectivity index (χ4v) is 1.51. The summed E-state index contributed by atoms with van der Waals surface area (Å²) in [4.78, 5) is 11.2. The third-order valence-electron chi connectivity index (χ3n) is 1.63. The summed E-state index contributed by atoms with van der Waals surface area (Å²) >= 11 is 8.70. The molecule has 7 heteroatoms. The number of alkyl halides is 2. The Morgan fingerprint density at radius 2 is 2.12 bits per heavy atom. The highest BCUT2D eigenvalue weighted by Crippen LogP contribution is 2.34. The van der Waals surface area contributed by atoms with Crippen LogP contribution in [0.3, 0.4) is 0 Å². The van der Waals surface area contributed by atoms with Gasteiger partial charge in [0.15, 0.2) is 0 Å². The standard InChI is InChI=1S/C9H6BrClF2O3/c1-15-8(14)4-2-5(11)7(10)6(3-4)16-9(12)13/h2-3,9H,1H3. The Morgan fingerprint density at radius 3 is 2.62 bits per heavy atom. The van der Waals surface area contributed by atoms with Gasteiger partial charge in [-0.15, -0.1) is 0 Å². The third kappa shape index (κ3) is 3.05. The average molecular weight is 315 g/mol. The topological polar surface area (TPSA) is 35.5 Å². The van der Waals surface area contributed by atoms with Crippen molar-refractivity contribution in [2.45, 2.75) is 6.61 Å². The summed E-state index contributed by atoms with van der Waals surface area (Å²) in [6, 6.07) is 2.41. The first-order chi connectivity index (χ1) is 7.45. The van der Waals surface area contributed by atoms with Gasteiger partial charge < -0.3 is 9.47 Å². The van der Waals surface area contributed by atoms with Crippen LogP contribution in [-0.2, 0) is 4.74 Å². The van der Waals surface area contributed by atoms with Gasteiger partial charge in [-0.3, -0.25) is 0 Å². The Morgan fingerprint density at radius 1 is 1.50 bits per heavy atom. The van der Waals surface area contributed by atoms with Gasteiger partial charge in [-0.2, -0.15) is 8.78 Å². The van der Waals surface area contributed by atoms with Gasteiger partial charge in [0.2, 0.25) is 0 Å². The molecule has 0 saturated heterocycles. The minimum atomic E-state index is -3.00. The number of hydrogen-bond acceptors (Lipinski definition) is 3. The zero-order valence-corrected chi connectivity index (χ0v) is 10.3. The van der Waals surface area contributed by atoms with E-state index in [2.05, 4.69) is 25.4 Å². The Balaban J connectivity index is 3.16. The third-order valence-corrected chi connectivity index (χ3v) is 2.98. The molecule has 0 spiro atoms. The highest BCUT2D eigenvalue weighted by Gasteiger charge is 2.16. The summed E-state index contributed by atoms with van der Waals surface area (Å²) in [5.41, 5.74) is 0.0337. The number of halogens is 4. The number of methoxy groups -OCH3 is 1. The van der Waals surface area contributed by atoms with E-state index in [1.54, 1.807) is 0 Å². The summed E-state index contributed by atoms with van der Waals surface area (Å²) in [5, 5.41) is 0.0820. The number of ether oxygens (including phenoxy) is 2. The van der Waals surface area contributed by atoms with E-state index in [1.807, 2.05) is 0 Å². The lowest BCUT2D eigenvalue weighted by atomic mass is 10.2. The van der Waals surface area contributed by atoms with Crippen molar-refractivity contribution in [3.8, 4) is 5.75 Å². The van der Waals surface area contributed by atoms with E-state index in [0.717, 1.165) is 6.07 Å². The lowest BCUT2D eigenvalue weighted by molar-refractivity contribution is -0.0504. The molecule has 0 aromatic heterocycles. The first-order valence-corrected chi connectivity index (χ1v) is 5.15. The van der Waals surface area contributed by atoms with Gasteiger partial charge in [-0.25, -0.2) is 4.79 Å². The molecule has 0 aliphatic rings. The molecule has 0 unspecified atom stereocenters. The van der Waals surface area contributed by atoms with E-state index >= 15 is 0 Å². The van der Waals surface area contributed by atoms with Gasteiger partial charge in [0.25, 0.3) is 0 Å². The zero-order chi connectivity index (χ0) is 12.3. The van der Waals surface area contributed by atoms with Crippen LogP contribution in [-0.4, -0.2) is 19.7 Å². The molecule has 0 saturated carbocycles. The summed E-state index contributed by atoms with van der Waals surface area (Å²) < 4.78 is 32.9. The first-order valence-electron chi connectivity index (χ1n) is 3.98. The van der Waals surface area contributed by atoms with Crippen molar-refractivity contribution in [3.63, 3.8) is 0 Å². The van der Waals surface area contributed by atoms with Crippen LogP contribution in [0.2, 0.25) is 5.02 Å². The van der Waals surface area contributed by atoms with Gasteiger partial charge in [-0.05, 0) is 28.1 Å². The van der Waals surface area contributed by atoms with Crippen LogP contribution >= 0.6 is 27.5 Å². The van der Waals surface area contributed by atoms with E-state index in [9.17, 15) is 13.6 Å². The van der Waals surface area contributed by atoms with Gasteiger partial charge in [0, 0.05) is 0 Å². The molecule has 0 bridgehead atoms. The smallest absolute Gasteiger partial charge is 0.387 e. The molecule has 3 nitrogen and oxygen atoms in total. The van der Waals surface area contributed by atoms with Crippen LogP contribution in [0.15, 0.2) is 16.6 Å². The van der Waals surface area contributed by atoms with Crippen LogP contribution in [0.4, 0.5) is 8.78 Å². The van der Waals surface area contributed by atoms with Gasteiger partial charge in [0.05, 0.1) is 22.2 Å². The van der Waals surface area contributed by atoms with Crippen molar-refractivity contribution >= 4 is 33.5 Å². The summed E-state index contributed by atoms with van der Waals surface area (Å²) in [7, 11) is 1.17. The molecule has 0 N–H and O–H groups in total. The second-order valence-electron chi connectivity index (χ2n) is 2.64. The van der Waals surface area contributed by atoms with Gasteiger partial charge in [0.1, 0.15) is 5.75 Å². The van der Waals surface area contributed by atoms with Crippen molar-refractivity contribution < 1.29 is 23.0 Å². The molecule has 1 aromatic carbocycles. The fourth-order valence-electron chi connectivity index (χ4n) is 0.981. The van der Waals surface area contributed by atoms with Crippen LogP contribution in [0, 0.1) is 0 Å². The number of esters is 1. The Bertz CT molecular complexity index is 412. The van der Waals surface area contributed by atoms with E-state index in [0.29, 0.717) is 0 Å². The molecule has 0 aliphatic heterocycles. The van der Waals surface area contributed by atoms with Crippen molar-refractivity contribution in [3.05, 3.63) is 27.2 Å². The van der Waals surface area contributed by atoms with Crippen molar-refractivity contribution in [1.29, 1.82) is 0 Å². The van der Waals surface area contributed by atoms with Crippen molar-refractivity contribution in [2.75, 3.05) is 7.11 Å². The number of carbonyl (C=O) groups is 1. The summed E-state index contributed by atoms with van der Waals surface area (Å²) in [6.07, 6.45) is 0. The van der Waals surface area contributed by atoms with Crippen LogP contribution in [0.1, 0.15) is 10.4 Å². The highest BCUT2D eigenvalue weighted by atomic mass is 79.9. The second-order valence-corrected chi connectivity index (χ2v) is 3.84. The second kappa shape index (κ2) is 5.45. The maximum Gasteiger partial charge on any atom is 0.387 e. The van der Waals surface area contributed by atoms with Gasteiger partial charge in [-0.1, -0.05) is 11.6 Å². The minimum absolute atomic E-state index is 0.0337. The van der Waals surface area contributed by atoms with Gasteiger partial charge >= 0.3 is 12.6 Å².